The van der Waals surface area contributed by atoms with Gasteiger partial charge < -0.3 is 9.73 Å². The van der Waals surface area contributed by atoms with Gasteiger partial charge in [0.2, 0.25) is 0 Å². The first-order valence-electron chi connectivity index (χ1n) is 6.09. The molecule has 1 aromatic heterocycles. The summed E-state index contributed by atoms with van der Waals surface area (Å²) in [6, 6.07) is 4.28. The molecule has 1 aromatic carbocycles. The molecule has 2 aromatic rings. The normalized spacial score (nSPS) is 11.2. The van der Waals surface area contributed by atoms with Crippen molar-refractivity contribution in [2.24, 2.45) is 0 Å². The fourth-order valence-corrected chi connectivity index (χ4v) is 2.67. The molecule has 0 amide bonds. The predicted octanol–water partition coefficient (Wildman–Crippen LogP) is 4.05. The van der Waals surface area contributed by atoms with Crippen LogP contribution in [0, 0.1) is 6.92 Å². The lowest BCUT2D eigenvalue weighted by atomic mass is 10.1. The molecule has 0 saturated heterocycles. The zero-order chi connectivity index (χ0) is 12.3. The van der Waals surface area contributed by atoms with Gasteiger partial charge >= 0.3 is 0 Å². The molecule has 0 bridgehead atoms. The van der Waals surface area contributed by atoms with Gasteiger partial charge in [0.15, 0.2) is 0 Å². The minimum absolute atomic E-state index is 0.959. The Labute approximate surface area is 111 Å². The van der Waals surface area contributed by atoms with E-state index >= 15 is 0 Å². The predicted molar refractivity (Wildman–Crippen MR) is 75.5 cm³/mol. The third kappa shape index (κ3) is 2.90. The Morgan fingerprint density at radius 1 is 1.29 bits per heavy atom. The van der Waals surface area contributed by atoms with Gasteiger partial charge in [0.25, 0.3) is 0 Å². The summed E-state index contributed by atoms with van der Waals surface area (Å²) in [6.45, 7) is 6.38. The van der Waals surface area contributed by atoms with Crippen LogP contribution in [0.1, 0.15) is 24.5 Å². The summed E-state index contributed by atoms with van der Waals surface area (Å²) in [5, 5.41) is 4.65. The number of fused-ring (bicyclic) bond motifs is 1. The van der Waals surface area contributed by atoms with Crippen molar-refractivity contribution in [1.82, 2.24) is 5.32 Å². The van der Waals surface area contributed by atoms with E-state index in [1.54, 1.807) is 0 Å². The summed E-state index contributed by atoms with van der Waals surface area (Å²) < 4.78 is 6.66. The van der Waals surface area contributed by atoms with Crippen molar-refractivity contribution < 1.29 is 4.42 Å². The van der Waals surface area contributed by atoms with Crippen molar-refractivity contribution in [3.63, 3.8) is 0 Å². The largest absolute Gasteiger partial charge is 0.463 e. The third-order valence-electron chi connectivity index (χ3n) is 2.85. The van der Waals surface area contributed by atoms with Crippen LogP contribution in [-0.4, -0.2) is 13.1 Å². The van der Waals surface area contributed by atoms with Gasteiger partial charge in [0.05, 0.1) is 10.7 Å². The molecule has 17 heavy (non-hydrogen) atoms. The van der Waals surface area contributed by atoms with E-state index in [1.165, 1.54) is 22.9 Å². The molecule has 0 saturated carbocycles. The molecule has 3 heteroatoms. The van der Waals surface area contributed by atoms with Crippen molar-refractivity contribution in [1.29, 1.82) is 0 Å². The maximum absolute atomic E-state index is 5.62. The van der Waals surface area contributed by atoms with Crippen molar-refractivity contribution >= 4 is 26.9 Å². The van der Waals surface area contributed by atoms with Crippen LogP contribution in [0.3, 0.4) is 0 Å². The second kappa shape index (κ2) is 5.69. The van der Waals surface area contributed by atoms with Crippen LogP contribution < -0.4 is 5.32 Å². The van der Waals surface area contributed by atoms with E-state index in [0.717, 1.165) is 29.6 Å². The summed E-state index contributed by atoms with van der Waals surface area (Å²) in [4.78, 5) is 0. The van der Waals surface area contributed by atoms with E-state index in [1.807, 2.05) is 6.26 Å². The van der Waals surface area contributed by atoms with Gasteiger partial charge in [-0.05, 0) is 72.0 Å². The summed E-state index contributed by atoms with van der Waals surface area (Å²) in [5.74, 6) is 0. The van der Waals surface area contributed by atoms with Crippen LogP contribution >= 0.6 is 15.9 Å². The average Bonchev–Trinajstić information content (AvgIpc) is 2.68. The molecule has 0 spiro atoms. The van der Waals surface area contributed by atoms with Gasteiger partial charge in [-0.3, -0.25) is 0 Å². The van der Waals surface area contributed by atoms with Crippen LogP contribution in [0.4, 0.5) is 0 Å². The molecule has 2 rings (SSSR count). The summed E-state index contributed by atoms with van der Waals surface area (Å²) in [7, 11) is 0. The van der Waals surface area contributed by atoms with E-state index in [2.05, 4.69) is 47.2 Å². The fourth-order valence-electron chi connectivity index (χ4n) is 2.00. The molecule has 2 nitrogen and oxygen atoms in total. The Bertz CT molecular complexity index is 504. The topological polar surface area (TPSA) is 25.2 Å². The van der Waals surface area contributed by atoms with Crippen LogP contribution in [0.5, 0.6) is 0 Å². The van der Waals surface area contributed by atoms with E-state index < -0.39 is 0 Å². The third-order valence-corrected chi connectivity index (χ3v) is 3.44. The lowest BCUT2D eigenvalue weighted by Gasteiger charge is -2.02. The van der Waals surface area contributed by atoms with Crippen molar-refractivity contribution in [2.75, 3.05) is 13.1 Å². The Kier molecular flexibility index (Phi) is 4.24. The molecule has 0 fully saturated rings. The second-order valence-electron chi connectivity index (χ2n) is 4.38. The zero-order valence-electron chi connectivity index (χ0n) is 10.3. The number of halogens is 1. The molecule has 92 valence electrons. The number of hydrogen-bond acceptors (Lipinski definition) is 2. The van der Waals surface area contributed by atoms with Crippen LogP contribution in [0.2, 0.25) is 0 Å². The van der Waals surface area contributed by atoms with Crippen LogP contribution in [0.25, 0.3) is 11.0 Å². The molecule has 0 unspecified atom stereocenters. The van der Waals surface area contributed by atoms with Gasteiger partial charge in [-0.25, -0.2) is 0 Å². The average molecular weight is 296 g/mol. The van der Waals surface area contributed by atoms with E-state index in [9.17, 15) is 0 Å². The Balaban J connectivity index is 2.18. The number of aryl methyl sites for hydroxylation is 1. The number of nitrogens with one attached hydrogen (secondary N) is 1. The molecule has 0 atom stereocenters. The van der Waals surface area contributed by atoms with Gasteiger partial charge in [-0.15, -0.1) is 0 Å². The lowest BCUT2D eigenvalue weighted by Crippen LogP contribution is -2.17. The summed E-state index contributed by atoms with van der Waals surface area (Å²) >= 11 is 3.54. The quantitative estimate of drug-likeness (QED) is 0.842. The molecule has 0 aliphatic rings. The standard InChI is InChI=1S/C14H18BrNO/c1-3-5-16-6-4-11-9-17-14-12(11)7-10(2)8-13(14)15/h7-9,16H,3-6H2,1-2H3. The minimum Gasteiger partial charge on any atom is -0.463 e. The Morgan fingerprint density at radius 3 is 2.88 bits per heavy atom. The summed E-state index contributed by atoms with van der Waals surface area (Å²) in [6.07, 6.45) is 4.07. The highest BCUT2D eigenvalue weighted by Gasteiger charge is 2.09. The number of rotatable bonds is 5. The zero-order valence-corrected chi connectivity index (χ0v) is 11.9. The van der Waals surface area contributed by atoms with Gasteiger partial charge in [-0.1, -0.05) is 6.92 Å². The SMILES string of the molecule is CCCNCCc1coc2c(Br)cc(C)cc12. The molecular formula is C14H18BrNO. The summed E-state index contributed by atoms with van der Waals surface area (Å²) in [5.41, 5.74) is 3.50. The van der Waals surface area contributed by atoms with Crippen molar-refractivity contribution in [2.45, 2.75) is 26.7 Å². The highest BCUT2D eigenvalue weighted by molar-refractivity contribution is 9.10. The first-order valence-corrected chi connectivity index (χ1v) is 6.88. The molecular weight excluding hydrogens is 278 g/mol. The van der Waals surface area contributed by atoms with E-state index in [0.29, 0.717) is 0 Å². The van der Waals surface area contributed by atoms with Gasteiger partial charge in [0, 0.05) is 5.39 Å². The highest BCUT2D eigenvalue weighted by Crippen LogP contribution is 2.29. The molecule has 1 heterocycles. The molecule has 0 aliphatic carbocycles. The number of furan rings is 1. The van der Waals surface area contributed by atoms with Crippen molar-refractivity contribution in [3.05, 3.63) is 34.0 Å². The van der Waals surface area contributed by atoms with Crippen LogP contribution in [0.15, 0.2) is 27.3 Å². The van der Waals surface area contributed by atoms with Crippen LogP contribution in [-0.2, 0) is 6.42 Å². The molecule has 1 N–H and O–H groups in total. The minimum atomic E-state index is 0.959. The van der Waals surface area contributed by atoms with E-state index in [-0.39, 0.29) is 0 Å². The molecule has 0 radical (unpaired) electrons. The van der Waals surface area contributed by atoms with E-state index in [4.69, 9.17) is 4.42 Å². The fraction of sp³-hybridized carbons (Fsp3) is 0.429. The number of hydrogen-bond donors (Lipinski definition) is 1. The van der Waals surface area contributed by atoms with Gasteiger partial charge in [-0.2, -0.15) is 0 Å². The first kappa shape index (κ1) is 12.7. The maximum atomic E-state index is 5.62. The lowest BCUT2D eigenvalue weighted by molar-refractivity contribution is 0.604. The second-order valence-corrected chi connectivity index (χ2v) is 5.24. The smallest absolute Gasteiger partial charge is 0.148 e. The molecule has 0 aliphatic heterocycles. The first-order chi connectivity index (χ1) is 8.22. The Hall–Kier alpha value is -0.800. The number of benzene rings is 1. The maximum Gasteiger partial charge on any atom is 0.148 e. The monoisotopic (exact) mass is 295 g/mol. The van der Waals surface area contributed by atoms with Crippen molar-refractivity contribution in [3.8, 4) is 0 Å². The Morgan fingerprint density at radius 2 is 2.12 bits per heavy atom. The highest BCUT2D eigenvalue weighted by atomic mass is 79.9. The van der Waals surface area contributed by atoms with Gasteiger partial charge in [0.1, 0.15) is 5.58 Å².